The molecule has 3 aromatic heterocycles. The zero-order chi connectivity index (χ0) is 15.6. The van der Waals surface area contributed by atoms with Crippen LogP contribution in [-0.2, 0) is 6.54 Å². The van der Waals surface area contributed by atoms with Crippen LogP contribution in [0.3, 0.4) is 0 Å². The molecular weight excluding hydrogens is 318 g/mol. The summed E-state index contributed by atoms with van der Waals surface area (Å²) in [5.41, 5.74) is 1.56. The second-order valence-electron chi connectivity index (χ2n) is 5.45. The van der Waals surface area contributed by atoms with Gasteiger partial charge in [0.1, 0.15) is 6.33 Å². The summed E-state index contributed by atoms with van der Waals surface area (Å²) in [6, 6.07) is 0. The van der Waals surface area contributed by atoms with Crippen LogP contribution in [0.2, 0.25) is 0 Å². The van der Waals surface area contributed by atoms with Crippen LogP contribution in [0, 0.1) is 0 Å². The van der Waals surface area contributed by atoms with E-state index in [9.17, 15) is 0 Å². The molecule has 9 nitrogen and oxygen atoms in total. The van der Waals surface area contributed by atoms with Crippen molar-refractivity contribution < 1.29 is 0 Å². The van der Waals surface area contributed by atoms with E-state index in [1.165, 1.54) is 17.4 Å². The maximum Gasteiger partial charge on any atom is 0.257 e. The quantitative estimate of drug-likeness (QED) is 0.658. The van der Waals surface area contributed by atoms with Crippen LogP contribution < -0.4 is 4.90 Å². The van der Waals surface area contributed by atoms with E-state index in [1.54, 1.807) is 6.33 Å². The average Bonchev–Trinajstić information content (AvgIpc) is 3.25. The molecule has 0 aromatic carbocycles. The Labute approximate surface area is 137 Å². The van der Waals surface area contributed by atoms with E-state index in [-0.39, 0.29) is 0 Å². The van der Waals surface area contributed by atoms with Crippen molar-refractivity contribution >= 4 is 28.6 Å². The molecule has 120 valence electrons. The predicted octanol–water partition coefficient (Wildman–Crippen LogP) is 1.03. The molecule has 23 heavy (non-hydrogen) atoms. The van der Waals surface area contributed by atoms with Crippen molar-refractivity contribution in [2.24, 2.45) is 0 Å². The fourth-order valence-electron chi connectivity index (χ4n) is 2.85. The van der Waals surface area contributed by atoms with E-state index in [0.29, 0.717) is 18.4 Å². The summed E-state index contributed by atoms with van der Waals surface area (Å²) in [4.78, 5) is 16.0. The first-order chi connectivity index (χ1) is 11.4. The van der Waals surface area contributed by atoms with Gasteiger partial charge in [0.2, 0.25) is 0 Å². The molecule has 0 bridgehead atoms. The number of aryl methyl sites for hydroxylation is 1. The Morgan fingerprint density at radius 1 is 1.09 bits per heavy atom. The minimum Gasteiger partial charge on any atom is -0.355 e. The van der Waals surface area contributed by atoms with Crippen LogP contribution in [-0.4, -0.2) is 58.7 Å². The van der Waals surface area contributed by atoms with Gasteiger partial charge in [-0.2, -0.15) is 14.6 Å². The standard InChI is InChI=1S/C13H16ClN9/c14-4-7-22-8-15-10-11(21-5-2-1-3-6-21)17-13(18-12(10)22)23-9-16-19-20-23/h8-9H,1-7H2. The third-order valence-corrected chi connectivity index (χ3v) is 4.14. The Bertz CT molecular complexity index is 791. The van der Waals surface area contributed by atoms with Crippen molar-refractivity contribution in [3.8, 4) is 5.95 Å². The lowest BCUT2D eigenvalue weighted by molar-refractivity contribution is 0.573. The van der Waals surface area contributed by atoms with Gasteiger partial charge in [0.15, 0.2) is 17.0 Å². The first kappa shape index (κ1) is 14.3. The topological polar surface area (TPSA) is 90.4 Å². The number of imidazole rings is 1. The van der Waals surface area contributed by atoms with Gasteiger partial charge >= 0.3 is 0 Å². The van der Waals surface area contributed by atoms with Crippen LogP contribution in [0.25, 0.3) is 17.1 Å². The molecule has 1 aliphatic rings. The van der Waals surface area contributed by atoms with Crippen LogP contribution in [0.1, 0.15) is 19.3 Å². The van der Waals surface area contributed by atoms with E-state index in [4.69, 9.17) is 11.6 Å². The van der Waals surface area contributed by atoms with Crippen LogP contribution in [0.4, 0.5) is 5.82 Å². The van der Waals surface area contributed by atoms with Crippen LogP contribution in [0.15, 0.2) is 12.7 Å². The fourth-order valence-corrected chi connectivity index (χ4v) is 3.04. The van der Waals surface area contributed by atoms with Crippen molar-refractivity contribution in [2.45, 2.75) is 25.8 Å². The number of aromatic nitrogens is 8. The molecule has 0 radical (unpaired) electrons. The molecule has 4 rings (SSSR count). The Morgan fingerprint density at radius 3 is 2.70 bits per heavy atom. The van der Waals surface area contributed by atoms with Crippen molar-refractivity contribution in [2.75, 3.05) is 23.9 Å². The number of fused-ring (bicyclic) bond motifs is 1. The second kappa shape index (κ2) is 6.07. The minimum atomic E-state index is 0.444. The lowest BCUT2D eigenvalue weighted by Crippen LogP contribution is -2.31. The average molecular weight is 334 g/mol. The Kier molecular flexibility index (Phi) is 3.78. The lowest BCUT2D eigenvalue weighted by Gasteiger charge is -2.27. The molecule has 1 fully saturated rings. The Balaban J connectivity index is 1.88. The van der Waals surface area contributed by atoms with Gasteiger partial charge in [-0.1, -0.05) is 0 Å². The van der Waals surface area contributed by atoms with Gasteiger partial charge in [-0.3, -0.25) is 0 Å². The maximum atomic E-state index is 5.88. The van der Waals surface area contributed by atoms with Crippen molar-refractivity contribution in [1.29, 1.82) is 0 Å². The summed E-state index contributed by atoms with van der Waals surface area (Å²) in [6.45, 7) is 2.59. The molecule has 0 amide bonds. The zero-order valence-corrected chi connectivity index (χ0v) is 13.3. The van der Waals surface area contributed by atoms with Gasteiger partial charge < -0.3 is 9.47 Å². The number of anilines is 1. The molecular formula is C13H16ClN9. The minimum absolute atomic E-state index is 0.444. The molecule has 3 aromatic rings. The molecule has 4 heterocycles. The number of halogens is 1. The van der Waals surface area contributed by atoms with E-state index in [2.05, 4.69) is 35.4 Å². The summed E-state index contributed by atoms with van der Waals surface area (Å²) >= 11 is 5.88. The van der Waals surface area contributed by atoms with Crippen molar-refractivity contribution in [1.82, 2.24) is 39.7 Å². The third kappa shape index (κ3) is 2.61. The summed E-state index contributed by atoms with van der Waals surface area (Å²) in [5, 5.41) is 11.2. The zero-order valence-electron chi connectivity index (χ0n) is 12.5. The molecule has 0 spiro atoms. The first-order valence-electron chi connectivity index (χ1n) is 7.64. The van der Waals surface area contributed by atoms with Crippen LogP contribution in [0.5, 0.6) is 0 Å². The van der Waals surface area contributed by atoms with E-state index in [0.717, 1.165) is 42.9 Å². The highest BCUT2D eigenvalue weighted by Crippen LogP contribution is 2.26. The number of tetrazole rings is 1. The first-order valence-corrected chi connectivity index (χ1v) is 8.17. The molecule has 1 saturated heterocycles. The van der Waals surface area contributed by atoms with Gasteiger partial charge in [-0.15, -0.1) is 16.7 Å². The molecule has 0 unspecified atom stereocenters. The number of nitrogens with zero attached hydrogens (tertiary/aromatic N) is 9. The molecule has 0 aliphatic carbocycles. The number of hydrogen-bond donors (Lipinski definition) is 0. The number of piperidine rings is 1. The molecule has 0 saturated carbocycles. The summed E-state index contributed by atoms with van der Waals surface area (Å²) in [6.07, 6.45) is 6.83. The number of alkyl halides is 1. The second-order valence-corrected chi connectivity index (χ2v) is 5.83. The van der Waals surface area contributed by atoms with E-state index in [1.807, 2.05) is 4.57 Å². The van der Waals surface area contributed by atoms with E-state index < -0.39 is 0 Å². The molecule has 1 aliphatic heterocycles. The van der Waals surface area contributed by atoms with Crippen LogP contribution >= 0.6 is 11.6 Å². The van der Waals surface area contributed by atoms with Gasteiger partial charge in [-0.25, -0.2) is 4.98 Å². The largest absolute Gasteiger partial charge is 0.355 e. The third-order valence-electron chi connectivity index (χ3n) is 3.97. The van der Waals surface area contributed by atoms with Gasteiger partial charge in [0.25, 0.3) is 5.95 Å². The van der Waals surface area contributed by atoms with E-state index >= 15 is 0 Å². The highest BCUT2D eigenvalue weighted by Gasteiger charge is 2.21. The Hall–Kier alpha value is -2.29. The Morgan fingerprint density at radius 2 is 1.96 bits per heavy atom. The highest BCUT2D eigenvalue weighted by atomic mass is 35.5. The van der Waals surface area contributed by atoms with Crippen molar-refractivity contribution in [3.05, 3.63) is 12.7 Å². The summed E-state index contributed by atoms with van der Waals surface area (Å²) < 4.78 is 3.40. The predicted molar refractivity (Wildman–Crippen MR) is 84.8 cm³/mol. The monoisotopic (exact) mass is 333 g/mol. The van der Waals surface area contributed by atoms with Gasteiger partial charge in [-0.05, 0) is 29.7 Å². The SMILES string of the molecule is ClCCn1cnc2c(N3CCCCC3)nc(-n3cnnn3)nc21. The molecule has 10 heteroatoms. The normalized spacial score (nSPS) is 15.4. The van der Waals surface area contributed by atoms with Crippen molar-refractivity contribution in [3.63, 3.8) is 0 Å². The highest BCUT2D eigenvalue weighted by molar-refractivity contribution is 6.17. The molecule has 0 atom stereocenters. The van der Waals surface area contributed by atoms with Gasteiger partial charge in [0.05, 0.1) is 6.33 Å². The maximum absolute atomic E-state index is 5.88. The smallest absolute Gasteiger partial charge is 0.257 e. The lowest BCUT2D eigenvalue weighted by atomic mass is 10.1. The number of hydrogen-bond acceptors (Lipinski definition) is 7. The van der Waals surface area contributed by atoms with Gasteiger partial charge in [0, 0.05) is 25.5 Å². The summed E-state index contributed by atoms with van der Waals surface area (Å²) in [7, 11) is 0. The fraction of sp³-hybridized carbons (Fsp3) is 0.538. The number of rotatable bonds is 4. The molecule has 0 N–H and O–H groups in total. The summed E-state index contributed by atoms with van der Waals surface area (Å²) in [5.74, 6) is 1.78.